The van der Waals surface area contributed by atoms with Crippen LogP contribution >= 0.6 is 0 Å². The third-order valence-electron chi connectivity index (χ3n) is 4.37. The maximum Gasteiger partial charge on any atom is 0.342 e. The molecule has 0 atom stereocenters. The zero-order valence-electron chi connectivity index (χ0n) is 16.7. The number of methoxy groups -OCH3 is 1. The third kappa shape index (κ3) is 4.94. The molecule has 0 saturated heterocycles. The molecule has 154 valence electrons. The predicted molar refractivity (Wildman–Crippen MR) is 114 cm³/mol. The Morgan fingerprint density at radius 1 is 0.933 bits per heavy atom. The second-order valence-corrected chi connectivity index (χ2v) is 6.46. The van der Waals surface area contributed by atoms with Crippen molar-refractivity contribution < 1.29 is 23.9 Å². The number of rotatable bonds is 7. The van der Waals surface area contributed by atoms with Crippen LogP contribution in [0.4, 0.5) is 5.69 Å². The van der Waals surface area contributed by atoms with E-state index in [9.17, 15) is 14.4 Å². The lowest BCUT2D eigenvalue weighted by Crippen LogP contribution is -2.23. The lowest BCUT2D eigenvalue weighted by Gasteiger charge is -2.11. The van der Waals surface area contributed by atoms with E-state index in [4.69, 9.17) is 9.47 Å². The first-order chi connectivity index (χ1) is 14.5. The molecule has 0 aromatic heterocycles. The van der Waals surface area contributed by atoms with Gasteiger partial charge in [-0.1, -0.05) is 30.3 Å². The summed E-state index contributed by atoms with van der Waals surface area (Å²) in [7, 11) is 1.47. The van der Waals surface area contributed by atoms with Gasteiger partial charge in [0, 0.05) is 17.8 Å². The summed E-state index contributed by atoms with van der Waals surface area (Å²) in [6, 6.07) is 17.5. The molecule has 0 aliphatic rings. The smallest absolute Gasteiger partial charge is 0.342 e. The molecule has 2 amide bonds. The molecular formula is C23H22N2O5. The maximum atomic E-state index is 12.5. The van der Waals surface area contributed by atoms with E-state index in [-0.39, 0.29) is 11.5 Å². The van der Waals surface area contributed by atoms with Crippen LogP contribution < -0.4 is 15.4 Å². The van der Waals surface area contributed by atoms with E-state index in [2.05, 4.69) is 10.6 Å². The average molecular weight is 406 g/mol. The van der Waals surface area contributed by atoms with E-state index in [0.29, 0.717) is 23.5 Å². The van der Waals surface area contributed by atoms with Crippen LogP contribution in [0.1, 0.15) is 27.6 Å². The van der Waals surface area contributed by atoms with E-state index in [1.165, 1.54) is 7.11 Å². The number of carbonyl (C=O) groups is 3. The first-order valence-corrected chi connectivity index (χ1v) is 9.44. The summed E-state index contributed by atoms with van der Waals surface area (Å²) in [5.41, 5.74) is 1.10. The lowest BCUT2D eigenvalue weighted by molar-refractivity contribution is -0.119. The highest BCUT2D eigenvalue weighted by molar-refractivity contribution is 6.01. The summed E-state index contributed by atoms with van der Waals surface area (Å²) in [6.07, 6.45) is 0. The van der Waals surface area contributed by atoms with Crippen molar-refractivity contribution in [1.82, 2.24) is 5.32 Å². The number of esters is 1. The molecule has 3 rings (SSSR count). The van der Waals surface area contributed by atoms with E-state index < -0.39 is 18.5 Å². The number of hydrogen-bond donors (Lipinski definition) is 2. The Morgan fingerprint density at radius 3 is 2.37 bits per heavy atom. The number of anilines is 1. The Bertz CT molecular complexity index is 1090. The molecule has 0 aliphatic carbocycles. The van der Waals surface area contributed by atoms with Crippen molar-refractivity contribution in [3.8, 4) is 5.75 Å². The molecule has 3 aromatic carbocycles. The van der Waals surface area contributed by atoms with Gasteiger partial charge in [-0.2, -0.15) is 0 Å². The van der Waals surface area contributed by atoms with Gasteiger partial charge < -0.3 is 20.1 Å². The van der Waals surface area contributed by atoms with Crippen LogP contribution in [-0.4, -0.2) is 38.0 Å². The van der Waals surface area contributed by atoms with Crippen molar-refractivity contribution in [3.63, 3.8) is 0 Å². The van der Waals surface area contributed by atoms with Gasteiger partial charge in [0.2, 0.25) is 0 Å². The molecule has 30 heavy (non-hydrogen) atoms. The van der Waals surface area contributed by atoms with Gasteiger partial charge in [0.15, 0.2) is 6.61 Å². The summed E-state index contributed by atoms with van der Waals surface area (Å²) in [6.45, 7) is 1.85. The van der Waals surface area contributed by atoms with Crippen molar-refractivity contribution in [1.29, 1.82) is 0 Å². The molecule has 0 heterocycles. The van der Waals surface area contributed by atoms with Gasteiger partial charge in [-0.25, -0.2) is 4.79 Å². The van der Waals surface area contributed by atoms with Gasteiger partial charge in [0.05, 0.1) is 7.11 Å². The molecule has 0 spiro atoms. The first-order valence-electron chi connectivity index (χ1n) is 9.44. The first kappa shape index (κ1) is 20.9. The van der Waals surface area contributed by atoms with Gasteiger partial charge in [-0.05, 0) is 48.0 Å². The molecule has 7 heteroatoms. The SMILES string of the molecule is CCNC(=O)c1cccc(NC(=O)COC(=O)c2cc3ccccc3cc2OC)c1. The van der Waals surface area contributed by atoms with E-state index in [1.54, 1.807) is 36.4 Å². The Balaban J connectivity index is 1.65. The summed E-state index contributed by atoms with van der Waals surface area (Å²) in [5, 5.41) is 7.09. The largest absolute Gasteiger partial charge is 0.496 e. The minimum atomic E-state index is -0.663. The Kier molecular flexibility index (Phi) is 6.64. The molecule has 0 bridgehead atoms. The van der Waals surface area contributed by atoms with Crippen LogP contribution in [0.15, 0.2) is 60.7 Å². The van der Waals surface area contributed by atoms with Crippen molar-refractivity contribution >= 4 is 34.2 Å². The van der Waals surface area contributed by atoms with Crippen LogP contribution in [0.5, 0.6) is 5.75 Å². The minimum Gasteiger partial charge on any atom is -0.496 e. The molecule has 0 aliphatic heterocycles. The molecule has 0 radical (unpaired) electrons. The normalized spacial score (nSPS) is 10.3. The zero-order valence-corrected chi connectivity index (χ0v) is 16.7. The number of carbonyl (C=O) groups excluding carboxylic acids is 3. The Hall–Kier alpha value is -3.87. The quantitative estimate of drug-likeness (QED) is 0.587. The minimum absolute atomic E-state index is 0.233. The van der Waals surface area contributed by atoms with Crippen molar-refractivity contribution in [2.45, 2.75) is 6.92 Å². The highest BCUT2D eigenvalue weighted by atomic mass is 16.5. The van der Waals surface area contributed by atoms with Gasteiger partial charge in [0.1, 0.15) is 11.3 Å². The number of ether oxygens (including phenoxy) is 2. The van der Waals surface area contributed by atoms with Crippen LogP contribution in [0.2, 0.25) is 0 Å². The maximum absolute atomic E-state index is 12.5. The number of fused-ring (bicyclic) bond motifs is 1. The third-order valence-corrected chi connectivity index (χ3v) is 4.37. The lowest BCUT2D eigenvalue weighted by atomic mass is 10.1. The molecule has 3 aromatic rings. The fraction of sp³-hybridized carbons (Fsp3) is 0.174. The van der Waals surface area contributed by atoms with Crippen molar-refractivity contribution in [3.05, 3.63) is 71.8 Å². The number of hydrogen-bond acceptors (Lipinski definition) is 5. The molecule has 2 N–H and O–H groups in total. The highest BCUT2D eigenvalue weighted by Crippen LogP contribution is 2.26. The monoisotopic (exact) mass is 406 g/mol. The average Bonchev–Trinajstić information content (AvgIpc) is 2.76. The number of benzene rings is 3. The second-order valence-electron chi connectivity index (χ2n) is 6.46. The van der Waals surface area contributed by atoms with E-state index in [1.807, 2.05) is 31.2 Å². The Morgan fingerprint density at radius 2 is 1.67 bits per heavy atom. The van der Waals surface area contributed by atoms with E-state index in [0.717, 1.165) is 10.8 Å². The molecule has 7 nitrogen and oxygen atoms in total. The Labute approximate surface area is 174 Å². The van der Waals surface area contributed by atoms with E-state index >= 15 is 0 Å². The molecular weight excluding hydrogens is 384 g/mol. The van der Waals surface area contributed by atoms with Gasteiger partial charge in [-0.15, -0.1) is 0 Å². The number of amides is 2. The summed E-state index contributed by atoms with van der Waals surface area (Å²) in [4.78, 5) is 36.6. The fourth-order valence-corrected chi connectivity index (χ4v) is 2.95. The van der Waals surface area contributed by atoms with Gasteiger partial charge in [0.25, 0.3) is 11.8 Å². The predicted octanol–water partition coefficient (Wildman–Crippen LogP) is 3.39. The van der Waals surface area contributed by atoms with Crippen LogP contribution in [-0.2, 0) is 9.53 Å². The van der Waals surface area contributed by atoms with Gasteiger partial charge >= 0.3 is 5.97 Å². The van der Waals surface area contributed by atoms with Crippen molar-refractivity contribution in [2.24, 2.45) is 0 Å². The second kappa shape index (κ2) is 9.56. The van der Waals surface area contributed by atoms with Crippen LogP contribution in [0.3, 0.4) is 0 Å². The molecule has 0 unspecified atom stereocenters. The number of nitrogens with one attached hydrogen (secondary N) is 2. The topological polar surface area (TPSA) is 93.7 Å². The fourth-order valence-electron chi connectivity index (χ4n) is 2.95. The summed E-state index contributed by atoms with van der Waals surface area (Å²) in [5.74, 6) is -1.04. The van der Waals surface area contributed by atoms with Crippen LogP contribution in [0.25, 0.3) is 10.8 Å². The van der Waals surface area contributed by atoms with Gasteiger partial charge in [-0.3, -0.25) is 9.59 Å². The van der Waals surface area contributed by atoms with Crippen LogP contribution in [0, 0.1) is 0 Å². The molecule has 0 fully saturated rings. The molecule has 0 saturated carbocycles. The zero-order chi connectivity index (χ0) is 21.5. The van der Waals surface area contributed by atoms with Crippen molar-refractivity contribution in [2.75, 3.05) is 25.6 Å². The summed E-state index contributed by atoms with van der Waals surface area (Å²) >= 11 is 0. The highest BCUT2D eigenvalue weighted by Gasteiger charge is 2.17. The summed E-state index contributed by atoms with van der Waals surface area (Å²) < 4.78 is 10.5. The standard InChI is InChI=1S/C23H22N2O5/c1-3-24-22(27)17-9-6-10-18(11-17)25-21(26)14-30-23(28)19-12-15-7-4-5-8-16(15)13-20(19)29-2/h4-13H,3,14H2,1-2H3,(H,24,27)(H,25,26).